The summed E-state index contributed by atoms with van der Waals surface area (Å²) in [5, 5.41) is 3.03. The van der Waals surface area contributed by atoms with Crippen molar-refractivity contribution >= 4 is 31.9 Å². The monoisotopic (exact) mass is 484 g/mol. The maximum atomic E-state index is 13.1. The Labute approximate surface area is 178 Å². The van der Waals surface area contributed by atoms with E-state index < -0.39 is 27.3 Å². The molecule has 9 heteroatoms. The van der Waals surface area contributed by atoms with Crippen LogP contribution in [0.2, 0.25) is 0 Å². The standard InChI is InChI=1S/C20H22BrFN2O4S/c1-24(29(26,27)18-7-5-17(22)6-8-18)14-19(25)23-20(9-11-28-12-10-20)15-3-2-4-16(21)13-15/h2-8,13H,9-12,14H2,1H3,(H,23,25). The second kappa shape index (κ2) is 8.91. The second-order valence-corrected chi connectivity index (χ2v) is 9.93. The zero-order chi connectivity index (χ0) is 21.1. The van der Waals surface area contributed by atoms with Gasteiger partial charge in [0.1, 0.15) is 5.82 Å². The molecule has 1 aliphatic heterocycles. The lowest BCUT2D eigenvalue weighted by molar-refractivity contribution is -0.124. The van der Waals surface area contributed by atoms with Gasteiger partial charge in [0, 0.05) is 24.7 Å². The van der Waals surface area contributed by atoms with Gasteiger partial charge in [0.05, 0.1) is 17.0 Å². The lowest BCUT2D eigenvalue weighted by Crippen LogP contribution is -2.52. The van der Waals surface area contributed by atoms with Gasteiger partial charge in [-0.1, -0.05) is 28.1 Å². The molecule has 0 saturated carbocycles. The number of amides is 1. The summed E-state index contributed by atoms with van der Waals surface area (Å²) < 4.78 is 45.7. The van der Waals surface area contributed by atoms with Crippen LogP contribution >= 0.6 is 15.9 Å². The van der Waals surface area contributed by atoms with E-state index >= 15 is 0 Å². The summed E-state index contributed by atoms with van der Waals surface area (Å²) in [6, 6.07) is 12.2. The highest BCUT2D eigenvalue weighted by Gasteiger charge is 2.37. The molecule has 6 nitrogen and oxygen atoms in total. The third-order valence-corrected chi connectivity index (χ3v) is 7.30. The summed E-state index contributed by atoms with van der Waals surface area (Å²) in [7, 11) is -2.58. The third kappa shape index (κ3) is 5.03. The number of halogens is 2. The molecule has 2 aromatic carbocycles. The van der Waals surface area contributed by atoms with E-state index in [0.717, 1.165) is 26.5 Å². The van der Waals surface area contributed by atoms with Gasteiger partial charge in [-0.2, -0.15) is 4.31 Å². The fourth-order valence-electron chi connectivity index (χ4n) is 3.37. The molecule has 1 saturated heterocycles. The summed E-state index contributed by atoms with van der Waals surface area (Å²) >= 11 is 3.46. The molecular formula is C20H22BrFN2O4S. The lowest BCUT2D eigenvalue weighted by atomic mass is 9.82. The molecule has 2 aromatic rings. The van der Waals surface area contributed by atoms with Crippen molar-refractivity contribution in [1.82, 2.24) is 9.62 Å². The van der Waals surface area contributed by atoms with E-state index in [9.17, 15) is 17.6 Å². The van der Waals surface area contributed by atoms with Crippen LogP contribution in [-0.2, 0) is 25.1 Å². The fraction of sp³-hybridized carbons (Fsp3) is 0.350. The number of carbonyl (C=O) groups is 1. The van der Waals surface area contributed by atoms with Gasteiger partial charge in [0.25, 0.3) is 0 Å². The van der Waals surface area contributed by atoms with Crippen molar-refractivity contribution < 1.29 is 22.3 Å². The van der Waals surface area contributed by atoms with Gasteiger partial charge >= 0.3 is 0 Å². The SMILES string of the molecule is CN(CC(=O)NC1(c2cccc(Br)c2)CCOCC1)S(=O)(=O)c1ccc(F)cc1. The van der Waals surface area contributed by atoms with Crippen LogP contribution in [-0.4, -0.2) is 45.4 Å². The Kier molecular flexibility index (Phi) is 6.72. The first-order valence-electron chi connectivity index (χ1n) is 9.10. The minimum atomic E-state index is -3.91. The number of carbonyl (C=O) groups excluding carboxylic acids is 1. The summed E-state index contributed by atoms with van der Waals surface area (Å²) in [6.07, 6.45) is 1.17. The van der Waals surface area contributed by atoms with Gasteiger partial charge < -0.3 is 10.1 Å². The van der Waals surface area contributed by atoms with Gasteiger partial charge in [0.2, 0.25) is 15.9 Å². The molecule has 1 aliphatic rings. The zero-order valence-electron chi connectivity index (χ0n) is 15.9. The Hall–Kier alpha value is -1.81. The van der Waals surface area contributed by atoms with Crippen molar-refractivity contribution in [3.05, 3.63) is 64.4 Å². The summed E-state index contributed by atoms with van der Waals surface area (Å²) in [6.45, 7) is 0.642. The van der Waals surface area contributed by atoms with Crippen LogP contribution < -0.4 is 5.32 Å². The van der Waals surface area contributed by atoms with Crippen molar-refractivity contribution in [3.63, 3.8) is 0 Å². The zero-order valence-corrected chi connectivity index (χ0v) is 18.3. The van der Waals surface area contributed by atoms with Crippen LogP contribution in [0.4, 0.5) is 4.39 Å². The molecule has 1 heterocycles. The van der Waals surface area contributed by atoms with E-state index in [0.29, 0.717) is 26.1 Å². The average Bonchev–Trinajstić information content (AvgIpc) is 2.69. The van der Waals surface area contributed by atoms with Crippen LogP contribution in [0, 0.1) is 5.82 Å². The van der Waals surface area contributed by atoms with Crippen molar-refractivity contribution in [1.29, 1.82) is 0 Å². The van der Waals surface area contributed by atoms with E-state index in [-0.39, 0.29) is 11.4 Å². The molecule has 0 bridgehead atoms. The molecule has 0 unspecified atom stereocenters. The van der Waals surface area contributed by atoms with Crippen LogP contribution in [0.15, 0.2) is 57.9 Å². The molecule has 0 spiro atoms. The number of rotatable bonds is 6. The quantitative estimate of drug-likeness (QED) is 0.683. The molecule has 0 aliphatic carbocycles. The predicted octanol–water partition coefficient (Wildman–Crippen LogP) is 3.03. The highest BCUT2D eigenvalue weighted by Crippen LogP contribution is 2.33. The molecule has 1 N–H and O–H groups in total. The van der Waals surface area contributed by atoms with Crippen LogP contribution in [0.25, 0.3) is 0 Å². The Balaban J connectivity index is 1.77. The number of likely N-dealkylation sites (N-methyl/N-ethyl adjacent to an activating group) is 1. The maximum absolute atomic E-state index is 13.1. The van der Waals surface area contributed by atoms with E-state index in [1.807, 2.05) is 24.3 Å². The van der Waals surface area contributed by atoms with Gasteiger partial charge in [0.15, 0.2) is 0 Å². The summed E-state index contributed by atoms with van der Waals surface area (Å²) in [5.74, 6) is -0.945. The first-order chi connectivity index (χ1) is 13.7. The summed E-state index contributed by atoms with van der Waals surface area (Å²) in [5.41, 5.74) is 0.312. The number of hydrogen-bond donors (Lipinski definition) is 1. The molecule has 0 radical (unpaired) electrons. The van der Waals surface area contributed by atoms with Crippen molar-refractivity contribution in [3.8, 4) is 0 Å². The Bertz CT molecular complexity index is 976. The van der Waals surface area contributed by atoms with Gasteiger partial charge in [-0.15, -0.1) is 0 Å². The number of ether oxygens (including phenoxy) is 1. The summed E-state index contributed by atoms with van der Waals surface area (Å²) in [4.78, 5) is 12.7. The minimum Gasteiger partial charge on any atom is -0.381 e. The third-order valence-electron chi connectivity index (χ3n) is 4.99. The average molecular weight is 485 g/mol. The molecule has 0 atom stereocenters. The molecular weight excluding hydrogens is 463 g/mol. The molecule has 3 rings (SSSR count). The topological polar surface area (TPSA) is 75.7 Å². The first kappa shape index (κ1) is 21.9. The highest BCUT2D eigenvalue weighted by molar-refractivity contribution is 9.10. The largest absolute Gasteiger partial charge is 0.381 e. The smallest absolute Gasteiger partial charge is 0.243 e. The van der Waals surface area contributed by atoms with Crippen molar-refractivity contribution in [2.45, 2.75) is 23.3 Å². The fourth-order valence-corrected chi connectivity index (χ4v) is 4.90. The highest BCUT2D eigenvalue weighted by atomic mass is 79.9. The molecule has 1 fully saturated rings. The van der Waals surface area contributed by atoms with E-state index in [2.05, 4.69) is 21.2 Å². The number of sulfonamides is 1. The molecule has 156 valence electrons. The normalized spacial score (nSPS) is 16.6. The number of benzene rings is 2. The van der Waals surface area contributed by atoms with Crippen LogP contribution in [0.5, 0.6) is 0 Å². The predicted molar refractivity (Wildman–Crippen MR) is 110 cm³/mol. The molecule has 1 amide bonds. The Morgan fingerprint density at radius 1 is 1.21 bits per heavy atom. The maximum Gasteiger partial charge on any atom is 0.243 e. The Morgan fingerprint density at radius 3 is 2.48 bits per heavy atom. The molecule has 0 aromatic heterocycles. The van der Waals surface area contributed by atoms with Gasteiger partial charge in [-0.05, 0) is 54.8 Å². The van der Waals surface area contributed by atoms with E-state index in [1.165, 1.54) is 19.2 Å². The van der Waals surface area contributed by atoms with Crippen LogP contribution in [0.1, 0.15) is 18.4 Å². The number of hydrogen-bond acceptors (Lipinski definition) is 4. The van der Waals surface area contributed by atoms with Crippen molar-refractivity contribution in [2.24, 2.45) is 0 Å². The number of nitrogens with one attached hydrogen (secondary N) is 1. The van der Waals surface area contributed by atoms with Gasteiger partial charge in [-0.25, -0.2) is 12.8 Å². The minimum absolute atomic E-state index is 0.0676. The molecule has 29 heavy (non-hydrogen) atoms. The van der Waals surface area contributed by atoms with Crippen LogP contribution in [0.3, 0.4) is 0 Å². The Morgan fingerprint density at radius 2 is 1.86 bits per heavy atom. The van der Waals surface area contributed by atoms with Crippen molar-refractivity contribution in [2.75, 3.05) is 26.8 Å². The lowest BCUT2D eigenvalue weighted by Gasteiger charge is -2.39. The van der Waals surface area contributed by atoms with Gasteiger partial charge in [-0.3, -0.25) is 4.79 Å². The van der Waals surface area contributed by atoms with E-state index in [4.69, 9.17) is 4.74 Å². The second-order valence-electron chi connectivity index (χ2n) is 6.97. The van der Waals surface area contributed by atoms with E-state index in [1.54, 1.807) is 0 Å². The first-order valence-corrected chi connectivity index (χ1v) is 11.3. The number of nitrogens with zero attached hydrogens (tertiary/aromatic N) is 1.